The number of amidine groups is 1. The molecule has 7 nitrogen and oxygen atoms in total. The molecule has 39 heavy (non-hydrogen) atoms. The molecular formula is C30H31N5O2S2. The predicted molar refractivity (Wildman–Crippen MR) is 159 cm³/mol. The fourth-order valence-corrected chi connectivity index (χ4v) is 6.34. The molecule has 0 spiro atoms. The van der Waals surface area contributed by atoms with Crippen molar-refractivity contribution in [2.45, 2.75) is 42.9 Å². The number of rotatable bonds is 8. The molecule has 1 fully saturated rings. The summed E-state index contributed by atoms with van der Waals surface area (Å²) in [6.07, 6.45) is 6.28. The first-order valence-electron chi connectivity index (χ1n) is 13.0. The van der Waals surface area contributed by atoms with E-state index in [2.05, 4.69) is 22.3 Å². The van der Waals surface area contributed by atoms with E-state index < -0.39 is 0 Å². The highest BCUT2D eigenvalue weighted by Crippen LogP contribution is 2.39. The zero-order valence-corrected chi connectivity index (χ0v) is 23.7. The Balaban J connectivity index is 1.41. The molecule has 1 amide bonds. The maximum Gasteiger partial charge on any atom is 0.219 e. The largest absolute Gasteiger partial charge is 0.453 e. The summed E-state index contributed by atoms with van der Waals surface area (Å²) in [5.74, 6) is 2.81. The van der Waals surface area contributed by atoms with Gasteiger partial charge >= 0.3 is 0 Å². The van der Waals surface area contributed by atoms with Crippen molar-refractivity contribution in [2.75, 3.05) is 13.1 Å². The van der Waals surface area contributed by atoms with Crippen LogP contribution >= 0.6 is 23.1 Å². The number of fused-ring (bicyclic) bond motifs is 1. The van der Waals surface area contributed by atoms with Gasteiger partial charge in [0.2, 0.25) is 5.91 Å². The van der Waals surface area contributed by atoms with Gasteiger partial charge in [0.25, 0.3) is 0 Å². The van der Waals surface area contributed by atoms with Crippen LogP contribution in [0, 0.1) is 5.92 Å². The van der Waals surface area contributed by atoms with Crippen molar-refractivity contribution >= 4 is 50.9 Å². The number of nitrogens with one attached hydrogen (secondary N) is 1. The lowest BCUT2D eigenvalue weighted by molar-refractivity contribution is -0.130. The number of carbonyl (C=O) groups is 1. The maximum absolute atomic E-state index is 11.9. The van der Waals surface area contributed by atoms with E-state index in [1.807, 2.05) is 72.7 Å². The number of thiophene rings is 1. The SMILES string of the molecule is C=C(NC(CC)=Nc1ncc(Sc2ccnc3ccsc23)cc1Oc1ccccc1)C1CCCN(C(C)=O)C1. The molecule has 9 heteroatoms. The molecule has 1 unspecified atom stereocenters. The second-order valence-electron chi connectivity index (χ2n) is 9.32. The molecule has 1 atom stereocenters. The lowest BCUT2D eigenvalue weighted by Crippen LogP contribution is -2.41. The van der Waals surface area contributed by atoms with E-state index in [1.165, 1.54) is 0 Å². The molecule has 1 saturated heterocycles. The Labute approximate surface area is 237 Å². The van der Waals surface area contributed by atoms with Crippen LogP contribution in [0.1, 0.15) is 33.1 Å². The lowest BCUT2D eigenvalue weighted by atomic mass is 9.95. The van der Waals surface area contributed by atoms with Gasteiger partial charge in [-0.05, 0) is 42.5 Å². The van der Waals surface area contributed by atoms with Gasteiger partial charge in [-0.15, -0.1) is 11.3 Å². The Hall–Kier alpha value is -3.69. The molecule has 1 aromatic carbocycles. The summed E-state index contributed by atoms with van der Waals surface area (Å²) in [6.45, 7) is 9.43. The summed E-state index contributed by atoms with van der Waals surface area (Å²) in [4.78, 5) is 29.9. The van der Waals surface area contributed by atoms with Gasteiger partial charge in [-0.2, -0.15) is 0 Å². The number of carbonyl (C=O) groups excluding carboxylic acids is 1. The fraction of sp³-hybridized carbons (Fsp3) is 0.267. The number of ether oxygens (including phenoxy) is 1. The van der Waals surface area contributed by atoms with Crippen LogP contribution in [0.2, 0.25) is 0 Å². The van der Waals surface area contributed by atoms with Crippen molar-refractivity contribution in [3.05, 3.63) is 78.6 Å². The minimum absolute atomic E-state index is 0.105. The third-order valence-electron chi connectivity index (χ3n) is 6.55. The van der Waals surface area contributed by atoms with E-state index in [0.717, 1.165) is 50.9 Å². The van der Waals surface area contributed by atoms with Gasteiger partial charge in [0.05, 0.1) is 10.2 Å². The van der Waals surface area contributed by atoms with Crippen LogP contribution in [0.3, 0.4) is 0 Å². The van der Waals surface area contributed by atoms with E-state index in [1.54, 1.807) is 30.0 Å². The topological polar surface area (TPSA) is 79.7 Å². The van der Waals surface area contributed by atoms with Crippen LogP contribution in [-0.4, -0.2) is 39.7 Å². The van der Waals surface area contributed by atoms with Crippen LogP contribution in [0.15, 0.2) is 93.4 Å². The summed E-state index contributed by atoms with van der Waals surface area (Å²) in [6, 6.07) is 15.7. The van der Waals surface area contributed by atoms with Gasteiger partial charge in [0, 0.05) is 66.3 Å². The first kappa shape index (κ1) is 26.9. The highest BCUT2D eigenvalue weighted by atomic mass is 32.2. The molecule has 1 N–H and O–H groups in total. The average Bonchev–Trinajstić information content (AvgIpc) is 3.44. The molecule has 1 aliphatic heterocycles. The summed E-state index contributed by atoms with van der Waals surface area (Å²) in [5.41, 5.74) is 1.86. The number of piperidine rings is 1. The molecule has 0 aliphatic carbocycles. The number of aliphatic imine (C=N–C) groups is 1. The zero-order chi connectivity index (χ0) is 27.2. The summed E-state index contributed by atoms with van der Waals surface area (Å²) >= 11 is 3.31. The fourth-order valence-electron chi connectivity index (χ4n) is 4.46. The first-order chi connectivity index (χ1) is 19.0. The maximum atomic E-state index is 11.9. The molecule has 200 valence electrons. The Bertz CT molecular complexity index is 1500. The molecule has 0 bridgehead atoms. The lowest BCUT2D eigenvalue weighted by Gasteiger charge is -2.33. The minimum atomic E-state index is 0.105. The third kappa shape index (κ3) is 6.66. The van der Waals surface area contributed by atoms with Crippen molar-refractivity contribution in [1.82, 2.24) is 20.2 Å². The average molecular weight is 558 g/mol. The number of hydrogen-bond acceptors (Lipinski definition) is 7. The number of nitrogens with zero attached hydrogens (tertiary/aromatic N) is 4. The summed E-state index contributed by atoms with van der Waals surface area (Å²) in [7, 11) is 0. The standard InChI is InChI=1S/C30H31N5O2S2/c1-4-28(33-20(2)22-9-8-15-35(19-22)21(3)36)34-30-26(37-23-10-6-5-7-11-23)17-24(18-32-30)39-27-12-14-31-25-13-16-38-29(25)27/h5-7,10-14,16-18,22H,2,4,8-9,15,19H2,1,3H3,(H,32,33,34). The summed E-state index contributed by atoms with van der Waals surface area (Å²) < 4.78 is 7.43. The van der Waals surface area contributed by atoms with E-state index >= 15 is 0 Å². The van der Waals surface area contributed by atoms with Gasteiger partial charge in [-0.25, -0.2) is 9.98 Å². The van der Waals surface area contributed by atoms with Gasteiger partial charge in [-0.1, -0.05) is 43.5 Å². The van der Waals surface area contributed by atoms with Crippen molar-refractivity contribution in [3.63, 3.8) is 0 Å². The van der Waals surface area contributed by atoms with Gasteiger partial charge in [0.15, 0.2) is 11.6 Å². The Morgan fingerprint density at radius 2 is 2.10 bits per heavy atom. The molecule has 4 aromatic rings. The highest BCUT2D eigenvalue weighted by molar-refractivity contribution is 7.99. The van der Waals surface area contributed by atoms with Crippen LogP contribution in [0.25, 0.3) is 10.2 Å². The molecule has 5 rings (SSSR count). The normalized spacial score (nSPS) is 15.8. The Morgan fingerprint density at radius 1 is 1.26 bits per heavy atom. The smallest absolute Gasteiger partial charge is 0.219 e. The van der Waals surface area contributed by atoms with E-state index in [0.29, 0.717) is 30.3 Å². The van der Waals surface area contributed by atoms with Crippen molar-refractivity contribution in [2.24, 2.45) is 10.9 Å². The van der Waals surface area contributed by atoms with E-state index in [9.17, 15) is 4.79 Å². The number of para-hydroxylation sites is 1. The number of hydrogen-bond donors (Lipinski definition) is 1. The number of likely N-dealkylation sites (tertiary alicyclic amines) is 1. The third-order valence-corrected chi connectivity index (χ3v) is 8.64. The quantitative estimate of drug-likeness (QED) is 0.179. The Morgan fingerprint density at radius 3 is 2.90 bits per heavy atom. The second-order valence-corrected chi connectivity index (χ2v) is 11.4. The number of benzene rings is 1. The van der Waals surface area contributed by atoms with Gasteiger partial charge in [0.1, 0.15) is 11.6 Å². The number of aromatic nitrogens is 2. The zero-order valence-electron chi connectivity index (χ0n) is 22.1. The van der Waals surface area contributed by atoms with Crippen LogP contribution < -0.4 is 10.1 Å². The van der Waals surface area contributed by atoms with Gasteiger partial charge in [-0.3, -0.25) is 9.78 Å². The van der Waals surface area contributed by atoms with Crippen LogP contribution in [0.5, 0.6) is 11.5 Å². The van der Waals surface area contributed by atoms with Gasteiger partial charge < -0.3 is 15.0 Å². The molecule has 0 saturated carbocycles. The molecule has 3 aromatic heterocycles. The van der Waals surface area contributed by atoms with Crippen LogP contribution in [0.4, 0.5) is 5.82 Å². The van der Waals surface area contributed by atoms with E-state index in [-0.39, 0.29) is 11.8 Å². The molecule has 1 aliphatic rings. The number of pyridine rings is 2. The van der Waals surface area contributed by atoms with E-state index in [4.69, 9.17) is 14.7 Å². The monoisotopic (exact) mass is 557 g/mol. The Kier molecular flexibility index (Phi) is 8.58. The first-order valence-corrected chi connectivity index (χ1v) is 14.7. The minimum Gasteiger partial charge on any atom is -0.453 e. The summed E-state index contributed by atoms with van der Waals surface area (Å²) in [5, 5.41) is 5.47. The number of amides is 1. The second kappa shape index (κ2) is 12.4. The van der Waals surface area contributed by atoms with Crippen molar-refractivity contribution in [3.8, 4) is 11.5 Å². The highest BCUT2D eigenvalue weighted by Gasteiger charge is 2.24. The molecule has 0 radical (unpaired) electrons. The van der Waals surface area contributed by atoms with Crippen LogP contribution in [-0.2, 0) is 4.79 Å². The van der Waals surface area contributed by atoms with Crippen molar-refractivity contribution in [1.29, 1.82) is 0 Å². The molecule has 4 heterocycles. The van der Waals surface area contributed by atoms with Crippen molar-refractivity contribution < 1.29 is 9.53 Å². The molecular weight excluding hydrogens is 526 g/mol. The predicted octanol–water partition coefficient (Wildman–Crippen LogP) is 7.44.